The third-order valence-electron chi connectivity index (χ3n) is 3.29. The van der Waals surface area contributed by atoms with Crippen LogP contribution >= 0.6 is 0 Å². The average Bonchev–Trinajstić information content (AvgIpc) is 2.39. The maximum absolute atomic E-state index is 11.8. The molecular weight excluding hydrogens is 232 g/mol. The molecule has 0 bridgehead atoms. The number of methoxy groups -OCH3 is 1. The minimum atomic E-state index is 0.0486. The van der Waals surface area contributed by atoms with Crippen molar-refractivity contribution in [2.45, 2.75) is 32.6 Å². The average molecular weight is 256 g/mol. The number of carbonyl (C=O) groups excluding carboxylic acids is 2. The number of carbonyl (C=O) groups is 2. The fourth-order valence-corrected chi connectivity index (χ4v) is 2.18. The SMILES string of the molecule is CCCC(=O)N1CCC(C(=O)NCCOC)CC1. The molecule has 1 aliphatic rings. The number of piperidine rings is 1. The van der Waals surface area contributed by atoms with Crippen LogP contribution in [0.25, 0.3) is 0 Å². The summed E-state index contributed by atoms with van der Waals surface area (Å²) in [6, 6.07) is 0. The highest BCUT2D eigenvalue weighted by Gasteiger charge is 2.26. The summed E-state index contributed by atoms with van der Waals surface area (Å²) in [4.78, 5) is 25.4. The molecule has 0 aromatic rings. The van der Waals surface area contributed by atoms with Gasteiger partial charge in [-0.15, -0.1) is 0 Å². The molecule has 5 heteroatoms. The van der Waals surface area contributed by atoms with Gasteiger partial charge in [-0.1, -0.05) is 6.92 Å². The van der Waals surface area contributed by atoms with Crippen molar-refractivity contribution in [1.82, 2.24) is 10.2 Å². The number of amides is 2. The minimum Gasteiger partial charge on any atom is -0.383 e. The molecule has 1 N–H and O–H groups in total. The molecule has 0 aliphatic carbocycles. The Morgan fingerprint density at radius 3 is 2.56 bits per heavy atom. The van der Waals surface area contributed by atoms with Crippen LogP contribution in [0.2, 0.25) is 0 Å². The van der Waals surface area contributed by atoms with Crippen molar-refractivity contribution in [3.8, 4) is 0 Å². The van der Waals surface area contributed by atoms with E-state index in [0.29, 0.717) is 32.7 Å². The predicted octanol–water partition coefficient (Wildman–Crippen LogP) is 0.788. The van der Waals surface area contributed by atoms with Gasteiger partial charge < -0.3 is 15.0 Å². The predicted molar refractivity (Wildman–Crippen MR) is 69.1 cm³/mol. The molecule has 0 aromatic heterocycles. The van der Waals surface area contributed by atoms with Crippen molar-refractivity contribution in [2.75, 3.05) is 33.4 Å². The van der Waals surface area contributed by atoms with E-state index in [1.54, 1.807) is 7.11 Å². The molecule has 5 nitrogen and oxygen atoms in total. The monoisotopic (exact) mass is 256 g/mol. The van der Waals surface area contributed by atoms with Gasteiger partial charge in [-0.05, 0) is 19.3 Å². The normalized spacial score (nSPS) is 16.7. The summed E-state index contributed by atoms with van der Waals surface area (Å²) in [6.45, 7) is 4.53. The van der Waals surface area contributed by atoms with Crippen molar-refractivity contribution < 1.29 is 14.3 Å². The molecule has 2 amide bonds. The van der Waals surface area contributed by atoms with E-state index >= 15 is 0 Å². The Morgan fingerprint density at radius 2 is 2.00 bits per heavy atom. The number of rotatable bonds is 6. The number of hydrogen-bond acceptors (Lipinski definition) is 3. The second-order valence-electron chi connectivity index (χ2n) is 4.69. The van der Waals surface area contributed by atoms with E-state index < -0.39 is 0 Å². The third kappa shape index (κ3) is 4.64. The minimum absolute atomic E-state index is 0.0486. The van der Waals surface area contributed by atoms with Gasteiger partial charge in [-0.25, -0.2) is 0 Å². The summed E-state index contributed by atoms with van der Waals surface area (Å²) >= 11 is 0. The zero-order valence-corrected chi connectivity index (χ0v) is 11.4. The highest BCUT2D eigenvalue weighted by Crippen LogP contribution is 2.18. The first-order valence-corrected chi connectivity index (χ1v) is 6.73. The van der Waals surface area contributed by atoms with E-state index in [9.17, 15) is 9.59 Å². The van der Waals surface area contributed by atoms with Crippen LogP contribution in [0.1, 0.15) is 32.6 Å². The Morgan fingerprint density at radius 1 is 1.33 bits per heavy atom. The molecule has 1 fully saturated rings. The fraction of sp³-hybridized carbons (Fsp3) is 0.846. The van der Waals surface area contributed by atoms with Crippen molar-refractivity contribution in [3.05, 3.63) is 0 Å². The first kappa shape index (κ1) is 15.0. The van der Waals surface area contributed by atoms with E-state index in [1.807, 2.05) is 11.8 Å². The van der Waals surface area contributed by atoms with Crippen LogP contribution in [0.5, 0.6) is 0 Å². The lowest BCUT2D eigenvalue weighted by molar-refractivity contribution is -0.135. The third-order valence-corrected chi connectivity index (χ3v) is 3.29. The van der Waals surface area contributed by atoms with Gasteiger partial charge in [0, 0.05) is 39.1 Å². The van der Waals surface area contributed by atoms with Crippen molar-refractivity contribution in [1.29, 1.82) is 0 Å². The Labute approximate surface area is 109 Å². The molecular formula is C13H24N2O3. The molecule has 1 heterocycles. The maximum Gasteiger partial charge on any atom is 0.223 e. The number of nitrogens with zero attached hydrogens (tertiary/aromatic N) is 1. The molecule has 0 atom stereocenters. The van der Waals surface area contributed by atoms with Gasteiger partial charge in [0.25, 0.3) is 0 Å². The number of nitrogens with one attached hydrogen (secondary N) is 1. The van der Waals surface area contributed by atoms with Crippen LogP contribution in [-0.2, 0) is 14.3 Å². The molecule has 1 rings (SSSR count). The highest BCUT2D eigenvalue weighted by atomic mass is 16.5. The summed E-state index contributed by atoms with van der Waals surface area (Å²) in [5.74, 6) is 0.359. The van der Waals surface area contributed by atoms with Crippen LogP contribution in [0.3, 0.4) is 0 Å². The largest absolute Gasteiger partial charge is 0.383 e. The van der Waals surface area contributed by atoms with Gasteiger partial charge in [0.1, 0.15) is 0 Å². The second kappa shape index (κ2) is 8.08. The summed E-state index contributed by atoms with van der Waals surface area (Å²) in [5, 5.41) is 2.86. The van der Waals surface area contributed by atoms with Crippen LogP contribution < -0.4 is 5.32 Å². The molecule has 0 radical (unpaired) electrons. The quantitative estimate of drug-likeness (QED) is 0.715. The molecule has 0 saturated carbocycles. The lowest BCUT2D eigenvalue weighted by atomic mass is 9.95. The zero-order valence-electron chi connectivity index (χ0n) is 11.4. The van der Waals surface area contributed by atoms with Crippen molar-refractivity contribution >= 4 is 11.8 Å². The number of ether oxygens (including phenoxy) is 1. The van der Waals surface area contributed by atoms with Gasteiger partial charge in [0.05, 0.1) is 6.61 Å². The van der Waals surface area contributed by atoms with Crippen LogP contribution in [0.15, 0.2) is 0 Å². The molecule has 0 unspecified atom stereocenters. The lowest BCUT2D eigenvalue weighted by Crippen LogP contribution is -2.43. The van der Waals surface area contributed by atoms with Crippen LogP contribution in [-0.4, -0.2) is 50.1 Å². The summed E-state index contributed by atoms with van der Waals surface area (Å²) in [5.41, 5.74) is 0. The van der Waals surface area contributed by atoms with Gasteiger partial charge in [0.15, 0.2) is 0 Å². The summed E-state index contributed by atoms with van der Waals surface area (Å²) in [6.07, 6.45) is 3.05. The molecule has 0 spiro atoms. The first-order valence-electron chi connectivity index (χ1n) is 6.73. The fourth-order valence-electron chi connectivity index (χ4n) is 2.18. The Balaban J connectivity index is 2.26. The van der Waals surface area contributed by atoms with E-state index in [0.717, 1.165) is 19.3 Å². The maximum atomic E-state index is 11.8. The molecule has 1 aliphatic heterocycles. The van der Waals surface area contributed by atoms with Crippen molar-refractivity contribution in [2.24, 2.45) is 5.92 Å². The lowest BCUT2D eigenvalue weighted by Gasteiger charge is -2.31. The van der Waals surface area contributed by atoms with Crippen LogP contribution in [0, 0.1) is 5.92 Å². The summed E-state index contributed by atoms with van der Waals surface area (Å²) < 4.78 is 4.89. The zero-order chi connectivity index (χ0) is 13.4. The van der Waals surface area contributed by atoms with Gasteiger partial charge >= 0.3 is 0 Å². The molecule has 1 saturated heterocycles. The standard InChI is InChI=1S/C13H24N2O3/c1-3-4-12(16)15-8-5-11(6-9-15)13(17)14-7-10-18-2/h11H,3-10H2,1-2H3,(H,14,17). The number of likely N-dealkylation sites (tertiary alicyclic amines) is 1. The second-order valence-corrected chi connectivity index (χ2v) is 4.69. The van der Waals surface area contributed by atoms with Crippen LogP contribution in [0.4, 0.5) is 0 Å². The molecule has 0 aromatic carbocycles. The van der Waals surface area contributed by atoms with Gasteiger partial charge in [-0.3, -0.25) is 9.59 Å². The Bertz CT molecular complexity index is 273. The molecule has 18 heavy (non-hydrogen) atoms. The van der Waals surface area contributed by atoms with Gasteiger partial charge in [0.2, 0.25) is 11.8 Å². The Hall–Kier alpha value is -1.10. The highest BCUT2D eigenvalue weighted by molar-refractivity contribution is 5.80. The first-order chi connectivity index (χ1) is 8.69. The van der Waals surface area contributed by atoms with Crippen molar-refractivity contribution in [3.63, 3.8) is 0 Å². The summed E-state index contributed by atoms with van der Waals surface area (Å²) in [7, 11) is 1.62. The molecule has 104 valence electrons. The number of hydrogen-bond donors (Lipinski definition) is 1. The van der Waals surface area contributed by atoms with Gasteiger partial charge in [-0.2, -0.15) is 0 Å². The van der Waals surface area contributed by atoms with E-state index in [4.69, 9.17) is 4.74 Å². The van der Waals surface area contributed by atoms with E-state index in [-0.39, 0.29) is 17.7 Å². The van der Waals surface area contributed by atoms with E-state index in [2.05, 4.69) is 5.32 Å². The topological polar surface area (TPSA) is 58.6 Å². The smallest absolute Gasteiger partial charge is 0.223 e. The van der Waals surface area contributed by atoms with E-state index in [1.165, 1.54) is 0 Å². The Kier molecular flexibility index (Phi) is 6.72.